The van der Waals surface area contributed by atoms with Gasteiger partial charge in [-0.2, -0.15) is 0 Å². The fraction of sp³-hybridized carbons (Fsp3) is 0.500. The molecule has 8 heteroatoms. The number of carbonyl (C=O) groups is 1. The van der Waals surface area contributed by atoms with E-state index >= 15 is 0 Å². The fourth-order valence-electron chi connectivity index (χ4n) is 2.52. The van der Waals surface area contributed by atoms with E-state index in [1.165, 1.54) is 20.1 Å². The minimum Gasteiger partial charge on any atom is -0.490 e. The molecule has 1 heterocycles. The number of β-amino-alcohol motifs (C(OH)–C–C–N with tert-alkyl or cyclic N) is 1. The molecule has 2 rings (SSSR count). The summed E-state index contributed by atoms with van der Waals surface area (Å²) in [5.41, 5.74) is 0.610. The normalized spacial score (nSPS) is 18.8. The van der Waals surface area contributed by atoms with Gasteiger partial charge in [-0.25, -0.2) is 0 Å². The Kier molecular flexibility index (Phi) is 4.81. The number of aliphatic hydroxyl groups excluding tert-OH is 1. The first-order valence-corrected chi connectivity index (χ1v) is 6.93. The van der Waals surface area contributed by atoms with Crippen molar-refractivity contribution in [3.05, 3.63) is 28.3 Å². The monoisotopic (exact) mass is 309 g/mol. The number of ether oxygens (including phenoxy) is 1. The Morgan fingerprint density at radius 2 is 2.14 bits per heavy atom. The maximum Gasteiger partial charge on any atom is 0.311 e. The van der Waals surface area contributed by atoms with Crippen molar-refractivity contribution in [3.63, 3.8) is 0 Å². The molecule has 1 saturated heterocycles. The van der Waals surface area contributed by atoms with Gasteiger partial charge in [0.15, 0.2) is 5.75 Å². The number of methoxy groups -OCH3 is 1. The lowest BCUT2D eigenvalue weighted by molar-refractivity contribution is -0.385. The number of nitrogens with zero attached hydrogens (tertiary/aromatic N) is 3. The van der Waals surface area contributed by atoms with Crippen molar-refractivity contribution in [3.8, 4) is 5.75 Å². The van der Waals surface area contributed by atoms with Crippen molar-refractivity contribution in [2.24, 2.45) is 0 Å². The summed E-state index contributed by atoms with van der Waals surface area (Å²) in [7, 11) is 1.38. The second kappa shape index (κ2) is 6.61. The minimum absolute atomic E-state index is 0.0813. The van der Waals surface area contributed by atoms with Gasteiger partial charge in [0.2, 0.25) is 5.91 Å². The lowest BCUT2D eigenvalue weighted by Gasteiger charge is -2.24. The molecule has 1 N–H and O–H groups in total. The first-order valence-electron chi connectivity index (χ1n) is 6.93. The van der Waals surface area contributed by atoms with Crippen molar-refractivity contribution >= 4 is 17.3 Å². The van der Waals surface area contributed by atoms with E-state index in [0.29, 0.717) is 25.3 Å². The quantitative estimate of drug-likeness (QED) is 0.650. The van der Waals surface area contributed by atoms with Crippen molar-refractivity contribution < 1.29 is 19.6 Å². The molecule has 22 heavy (non-hydrogen) atoms. The van der Waals surface area contributed by atoms with Crippen LogP contribution < -0.4 is 9.64 Å². The van der Waals surface area contributed by atoms with Crippen molar-refractivity contribution in [1.29, 1.82) is 0 Å². The average molecular weight is 309 g/mol. The average Bonchev–Trinajstić information content (AvgIpc) is 2.68. The van der Waals surface area contributed by atoms with Gasteiger partial charge in [-0.3, -0.25) is 14.9 Å². The molecule has 0 bridgehead atoms. The molecule has 0 unspecified atom stereocenters. The minimum atomic E-state index is -0.674. The molecule has 1 aliphatic rings. The van der Waals surface area contributed by atoms with Crippen molar-refractivity contribution in [1.82, 2.24) is 4.90 Å². The largest absolute Gasteiger partial charge is 0.490 e. The van der Waals surface area contributed by atoms with Crippen LogP contribution in [0.2, 0.25) is 0 Å². The van der Waals surface area contributed by atoms with Crippen LogP contribution in [-0.4, -0.2) is 60.2 Å². The van der Waals surface area contributed by atoms with Crippen LogP contribution in [0, 0.1) is 10.1 Å². The highest BCUT2D eigenvalue weighted by molar-refractivity contribution is 5.73. The molecule has 1 fully saturated rings. The van der Waals surface area contributed by atoms with Gasteiger partial charge in [-0.1, -0.05) is 0 Å². The molecule has 1 atom stereocenters. The summed E-state index contributed by atoms with van der Waals surface area (Å²) >= 11 is 0. The molecular weight excluding hydrogens is 290 g/mol. The third-order valence-electron chi connectivity index (χ3n) is 3.67. The second-order valence-electron chi connectivity index (χ2n) is 5.18. The van der Waals surface area contributed by atoms with Crippen LogP contribution in [0.5, 0.6) is 5.75 Å². The summed E-state index contributed by atoms with van der Waals surface area (Å²) in [6, 6.07) is 4.58. The zero-order chi connectivity index (χ0) is 16.3. The maximum absolute atomic E-state index is 11.5. The molecular formula is C14H19N3O5. The smallest absolute Gasteiger partial charge is 0.311 e. The SMILES string of the molecule is COc1cc(N2CCN(C(C)=O)C[C@@H](O)C2)ccc1[N+](=O)[O-]. The molecule has 0 saturated carbocycles. The van der Waals surface area contributed by atoms with Gasteiger partial charge in [-0.15, -0.1) is 0 Å². The van der Waals surface area contributed by atoms with E-state index in [-0.39, 0.29) is 23.9 Å². The Labute approximate surface area is 128 Å². The van der Waals surface area contributed by atoms with Gasteiger partial charge in [0.05, 0.1) is 18.1 Å². The first kappa shape index (κ1) is 16.0. The van der Waals surface area contributed by atoms with E-state index in [0.717, 1.165) is 0 Å². The van der Waals surface area contributed by atoms with E-state index in [2.05, 4.69) is 0 Å². The summed E-state index contributed by atoms with van der Waals surface area (Å²) in [5.74, 6) is 0.0897. The third kappa shape index (κ3) is 3.45. The van der Waals surface area contributed by atoms with Gasteiger partial charge in [0.1, 0.15) is 0 Å². The summed E-state index contributed by atoms with van der Waals surface area (Å²) in [6.45, 7) is 3.14. The van der Waals surface area contributed by atoms with Gasteiger partial charge in [0.25, 0.3) is 0 Å². The fourth-order valence-corrected chi connectivity index (χ4v) is 2.52. The molecule has 1 aliphatic heterocycles. The number of nitro benzene ring substituents is 1. The van der Waals surface area contributed by atoms with E-state index < -0.39 is 11.0 Å². The van der Waals surface area contributed by atoms with E-state index in [1.807, 2.05) is 4.90 Å². The number of rotatable bonds is 3. The Bertz CT molecular complexity index is 578. The molecule has 1 aromatic carbocycles. The van der Waals surface area contributed by atoms with Crippen LogP contribution in [0.4, 0.5) is 11.4 Å². The topological polar surface area (TPSA) is 96.2 Å². The van der Waals surface area contributed by atoms with Crippen LogP contribution in [0.3, 0.4) is 0 Å². The molecule has 0 aliphatic carbocycles. The molecule has 8 nitrogen and oxygen atoms in total. The highest BCUT2D eigenvalue weighted by Crippen LogP contribution is 2.31. The van der Waals surface area contributed by atoms with Crippen LogP contribution >= 0.6 is 0 Å². The Hall–Kier alpha value is -2.35. The number of nitro groups is 1. The summed E-state index contributed by atoms with van der Waals surface area (Å²) in [5, 5.41) is 21.0. The number of benzene rings is 1. The predicted molar refractivity (Wildman–Crippen MR) is 80.1 cm³/mol. The summed E-state index contributed by atoms with van der Waals surface area (Å²) < 4.78 is 5.06. The number of hydrogen-bond donors (Lipinski definition) is 1. The molecule has 0 radical (unpaired) electrons. The lowest BCUT2D eigenvalue weighted by atomic mass is 10.2. The standard InChI is InChI=1S/C14H19N3O5/c1-10(18)15-5-6-16(9-12(19)8-15)11-3-4-13(17(20)21)14(7-11)22-2/h3-4,7,12,19H,5-6,8-9H2,1-2H3/t12-/m1/s1. The van der Waals surface area contributed by atoms with E-state index in [9.17, 15) is 20.0 Å². The zero-order valence-electron chi connectivity index (χ0n) is 12.6. The second-order valence-corrected chi connectivity index (χ2v) is 5.18. The molecule has 0 spiro atoms. The summed E-state index contributed by atoms with van der Waals surface area (Å²) in [6.07, 6.45) is -0.674. The van der Waals surface area contributed by atoms with E-state index in [4.69, 9.17) is 4.74 Å². The maximum atomic E-state index is 11.5. The Morgan fingerprint density at radius 1 is 1.41 bits per heavy atom. The van der Waals surface area contributed by atoms with E-state index in [1.54, 1.807) is 17.0 Å². The highest BCUT2D eigenvalue weighted by Gasteiger charge is 2.24. The zero-order valence-corrected chi connectivity index (χ0v) is 12.6. The first-order chi connectivity index (χ1) is 10.4. The van der Waals surface area contributed by atoms with Crippen LogP contribution in [0.15, 0.2) is 18.2 Å². The lowest BCUT2D eigenvalue weighted by Crippen LogP contribution is -2.36. The number of anilines is 1. The van der Waals surface area contributed by atoms with Gasteiger partial charge < -0.3 is 19.6 Å². The third-order valence-corrected chi connectivity index (χ3v) is 3.67. The van der Waals surface area contributed by atoms with Crippen molar-refractivity contribution in [2.75, 3.05) is 38.2 Å². The molecule has 1 amide bonds. The number of carbonyl (C=O) groups excluding carboxylic acids is 1. The Balaban J connectivity index is 2.24. The van der Waals surface area contributed by atoms with Crippen LogP contribution in [0.1, 0.15) is 6.92 Å². The van der Waals surface area contributed by atoms with Gasteiger partial charge in [-0.05, 0) is 6.07 Å². The molecule has 120 valence electrons. The summed E-state index contributed by atoms with van der Waals surface area (Å²) in [4.78, 5) is 25.4. The van der Waals surface area contributed by atoms with Crippen LogP contribution in [-0.2, 0) is 4.79 Å². The van der Waals surface area contributed by atoms with Crippen LogP contribution in [0.25, 0.3) is 0 Å². The predicted octanol–water partition coefficient (Wildman–Crippen LogP) is 0.633. The number of hydrogen-bond acceptors (Lipinski definition) is 6. The van der Waals surface area contributed by atoms with Crippen molar-refractivity contribution in [2.45, 2.75) is 13.0 Å². The molecule has 0 aromatic heterocycles. The van der Waals surface area contributed by atoms with Gasteiger partial charge >= 0.3 is 5.69 Å². The van der Waals surface area contributed by atoms with Gasteiger partial charge in [0, 0.05) is 50.9 Å². The molecule has 1 aromatic rings. The number of aliphatic hydroxyl groups is 1. The highest BCUT2D eigenvalue weighted by atomic mass is 16.6. The Morgan fingerprint density at radius 3 is 2.73 bits per heavy atom. The number of amides is 1.